The first-order valence-electron chi connectivity index (χ1n) is 8.25. The van der Waals surface area contributed by atoms with E-state index in [-0.39, 0.29) is 12.1 Å². The second-order valence-corrected chi connectivity index (χ2v) is 7.28. The van der Waals surface area contributed by atoms with Crippen LogP contribution in [0.2, 0.25) is 0 Å². The lowest BCUT2D eigenvalue weighted by atomic mass is 10.2. The van der Waals surface area contributed by atoms with Gasteiger partial charge in [0.1, 0.15) is 5.01 Å². The second-order valence-electron chi connectivity index (χ2n) is 6.39. The van der Waals surface area contributed by atoms with Crippen molar-refractivity contribution in [1.82, 2.24) is 15.2 Å². The number of urea groups is 1. The highest BCUT2D eigenvalue weighted by molar-refractivity contribution is 7.10. The summed E-state index contributed by atoms with van der Waals surface area (Å²) in [6.45, 7) is 2.30. The molecule has 1 saturated carbocycles. The van der Waals surface area contributed by atoms with Gasteiger partial charge in [-0.15, -0.1) is 11.3 Å². The van der Waals surface area contributed by atoms with Crippen LogP contribution in [0.25, 0.3) is 11.3 Å². The highest BCUT2D eigenvalue weighted by Gasteiger charge is 2.31. The molecule has 2 unspecified atom stereocenters. The lowest BCUT2D eigenvalue weighted by molar-refractivity contribution is 0.113. The van der Waals surface area contributed by atoms with Crippen LogP contribution < -0.4 is 5.32 Å². The Hall–Kier alpha value is -1.92. The number of rotatable bonds is 6. The van der Waals surface area contributed by atoms with Crippen LogP contribution in [-0.2, 0) is 0 Å². The summed E-state index contributed by atoms with van der Waals surface area (Å²) in [5.41, 5.74) is 2.00. The van der Waals surface area contributed by atoms with E-state index in [9.17, 15) is 9.90 Å². The first-order chi connectivity index (χ1) is 11.5. The van der Waals surface area contributed by atoms with Gasteiger partial charge < -0.3 is 15.3 Å². The number of amides is 2. The summed E-state index contributed by atoms with van der Waals surface area (Å²) in [4.78, 5) is 18.4. The smallest absolute Gasteiger partial charge is 0.317 e. The third-order valence-electron chi connectivity index (χ3n) is 4.28. The van der Waals surface area contributed by atoms with E-state index in [0.717, 1.165) is 29.1 Å². The maximum atomic E-state index is 12.3. The maximum absolute atomic E-state index is 12.3. The summed E-state index contributed by atoms with van der Waals surface area (Å²) in [5.74, 6) is 0.366. The minimum absolute atomic E-state index is 0.166. The molecule has 0 bridgehead atoms. The van der Waals surface area contributed by atoms with Gasteiger partial charge in [0, 0.05) is 24.5 Å². The van der Waals surface area contributed by atoms with Crippen LogP contribution in [0.4, 0.5) is 4.79 Å². The van der Waals surface area contributed by atoms with Crippen LogP contribution in [-0.4, -0.2) is 40.7 Å². The molecule has 2 atom stereocenters. The van der Waals surface area contributed by atoms with E-state index in [1.54, 1.807) is 23.3 Å². The fourth-order valence-electron chi connectivity index (χ4n) is 2.58. The average Bonchev–Trinajstić information content (AvgIpc) is 3.32. The van der Waals surface area contributed by atoms with Gasteiger partial charge in [-0.3, -0.25) is 0 Å². The molecule has 0 aliphatic heterocycles. The minimum atomic E-state index is -0.416. The lowest BCUT2D eigenvalue weighted by Crippen LogP contribution is -2.42. The molecular weight excluding hydrogens is 322 g/mol. The van der Waals surface area contributed by atoms with Crippen molar-refractivity contribution in [2.75, 3.05) is 13.6 Å². The van der Waals surface area contributed by atoms with E-state index < -0.39 is 6.10 Å². The van der Waals surface area contributed by atoms with Gasteiger partial charge in [0.25, 0.3) is 0 Å². The van der Waals surface area contributed by atoms with Gasteiger partial charge in [-0.25, -0.2) is 9.78 Å². The molecule has 1 aromatic heterocycles. The SMILES string of the molecule is CC(NC(=O)N(C)CC(O)C1CC1)c1nc(-c2ccccc2)cs1. The Morgan fingerprint density at radius 1 is 1.42 bits per heavy atom. The fraction of sp³-hybridized carbons (Fsp3) is 0.444. The number of likely N-dealkylation sites (N-methyl/N-ethyl adjacent to an activating group) is 1. The monoisotopic (exact) mass is 345 g/mol. The summed E-state index contributed by atoms with van der Waals surface area (Å²) in [6, 6.07) is 9.65. The second kappa shape index (κ2) is 7.32. The first-order valence-corrected chi connectivity index (χ1v) is 9.13. The molecule has 24 heavy (non-hydrogen) atoms. The van der Waals surface area contributed by atoms with Crippen LogP contribution >= 0.6 is 11.3 Å². The zero-order valence-corrected chi connectivity index (χ0v) is 14.8. The molecule has 1 aliphatic carbocycles. The number of aromatic nitrogens is 1. The van der Waals surface area contributed by atoms with Crippen LogP contribution in [0.15, 0.2) is 35.7 Å². The lowest BCUT2D eigenvalue weighted by Gasteiger charge is -2.23. The molecule has 1 aromatic carbocycles. The molecular formula is C18H23N3O2S. The zero-order valence-electron chi connectivity index (χ0n) is 14.0. The standard InChI is InChI=1S/C18H23N3O2S/c1-12(19-18(23)21(2)10-16(22)14-8-9-14)17-20-15(11-24-17)13-6-4-3-5-7-13/h3-7,11-12,14,16,22H,8-10H2,1-2H3,(H,19,23). The largest absolute Gasteiger partial charge is 0.391 e. The van der Waals surface area contributed by atoms with Crippen molar-refractivity contribution in [2.24, 2.45) is 5.92 Å². The van der Waals surface area contributed by atoms with Gasteiger partial charge in [-0.05, 0) is 25.7 Å². The number of aliphatic hydroxyl groups excluding tert-OH is 1. The first kappa shape index (κ1) is 16.9. The number of hydrogen-bond donors (Lipinski definition) is 2. The molecule has 6 heteroatoms. The van der Waals surface area contributed by atoms with Gasteiger partial charge in [0.2, 0.25) is 0 Å². The number of nitrogens with one attached hydrogen (secondary N) is 1. The minimum Gasteiger partial charge on any atom is -0.391 e. The highest BCUT2D eigenvalue weighted by Crippen LogP contribution is 2.32. The van der Waals surface area contributed by atoms with Gasteiger partial charge in [0.15, 0.2) is 0 Å². The normalized spacial score (nSPS) is 16.5. The van der Waals surface area contributed by atoms with Gasteiger partial charge in [-0.1, -0.05) is 30.3 Å². The van der Waals surface area contributed by atoms with Crippen molar-refractivity contribution in [3.05, 3.63) is 40.7 Å². The molecule has 0 saturated heterocycles. The predicted molar refractivity (Wildman–Crippen MR) is 95.9 cm³/mol. The summed E-state index contributed by atoms with van der Waals surface area (Å²) in [7, 11) is 1.71. The molecule has 2 N–H and O–H groups in total. The quantitative estimate of drug-likeness (QED) is 0.844. The molecule has 0 spiro atoms. The molecule has 5 nitrogen and oxygen atoms in total. The summed E-state index contributed by atoms with van der Waals surface area (Å²) in [6.07, 6.45) is 1.71. The van der Waals surface area contributed by atoms with Gasteiger partial charge >= 0.3 is 6.03 Å². The van der Waals surface area contributed by atoms with E-state index >= 15 is 0 Å². The Balaban J connectivity index is 1.57. The van der Waals surface area contributed by atoms with Crippen molar-refractivity contribution in [3.8, 4) is 11.3 Å². The Labute approximate surface area is 146 Å². The van der Waals surface area contributed by atoms with Crippen molar-refractivity contribution in [3.63, 3.8) is 0 Å². The van der Waals surface area contributed by atoms with E-state index in [2.05, 4.69) is 10.3 Å². The number of carbonyl (C=O) groups is 1. The van der Waals surface area contributed by atoms with Crippen LogP contribution in [0.3, 0.4) is 0 Å². The van der Waals surface area contributed by atoms with Crippen LogP contribution in [0, 0.1) is 5.92 Å². The molecule has 1 fully saturated rings. The highest BCUT2D eigenvalue weighted by atomic mass is 32.1. The third kappa shape index (κ3) is 4.13. The molecule has 0 radical (unpaired) electrons. The number of aliphatic hydroxyl groups is 1. The number of carbonyl (C=O) groups excluding carboxylic acids is 1. The topological polar surface area (TPSA) is 65.5 Å². The molecule has 1 aliphatic rings. The molecule has 2 amide bonds. The number of hydrogen-bond acceptors (Lipinski definition) is 4. The van der Waals surface area contributed by atoms with E-state index in [0.29, 0.717) is 12.5 Å². The Morgan fingerprint density at radius 2 is 2.12 bits per heavy atom. The third-order valence-corrected chi connectivity index (χ3v) is 5.30. The number of nitrogens with zero attached hydrogens (tertiary/aromatic N) is 2. The Morgan fingerprint density at radius 3 is 2.79 bits per heavy atom. The van der Waals surface area contributed by atoms with E-state index in [1.165, 1.54) is 0 Å². The van der Waals surface area contributed by atoms with Crippen LogP contribution in [0.5, 0.6) is 0 Å². The van der Waals surface area contributed by atoms with Crippen molar-refractivity contribution in [2.45, 2.75) is 31.9 Å². The van der Waals surface area contributed by atoms with Gasteiger partial charge in [-0.2, -0.15) is 0 Å². The molecule has 3 rings (SSSR count). The predicted octanol–water partition coefficient (Wildman–Crippen LogP) is 3.28. The number of thiazole rings is 1. The van der Waals surface area contributed by atoms with Crippen LogP contribution in [0.1, 0.15) is 30.8 Å². The summed E-state index contributed by atoms with van der Waals surface area (Å²) in [5, 5.41) is 15.8. The van der Waals surface area contributed by atoms with Crippen molar-refractivity contribution < 1.29 is 9.90 Å². The molecule has 2 aromatic rings. The average molecular weight is 345 g/mol. The summed E-state index contributed by atoms with van der Waals surface area (Å²) < 4.78 is 0. The van der Waals surface area contributed by atoms with Crippen molar-refractivity contribution >= 4 is 17.4 Å². The van der Waals surface area contributed by atoms with E-state index in [4.69, 9.17) is 0 Å². The number of benzene rings is 1. The molecule has 128 valence electrons. The Bertz CT molecular complexity index is 685. The summed E-state index contributed by atoms with van der Waals surface area (Å²) >= 11 is 1.54. The van der Waals surface area contributed by atoms with E-state index in [1.807, 2.05) is 42.6 Å². The molecule has 1 heterocycles. The fourth-order valence-corrected chi connectivity index (χ4v) is 3.41. The van der Waals surface area contributed by atoms with Gasteiger partial charge in [0.05, 0.1) is 17.8 Å². The Kier molecular flexibility index (Phi) is 5.16. The maximum Gasteiger partial charge on any atom is 0.317 e. The van der Waals surface area contributed by atoms with Crippen molar-refractivity contribution in [1.29, 1.82) is 0 Å². The zero-order chi connectivity index (χ0) is 17.1.